The number of aryl methyl sites for hydroxylation is 1. The zero-order valence-electron chi connectivity index (χ0n) is 30.3. The quantitative estimate of drug-likeness (QED) is 0.251. The van der Waals surface area contributed by atoms with Gasteiger partial charge in [-0.3, -0.25) is 24.4 Å². The smallest absolute Gasteiger partial charge is 0.324 e. The second-order valence-electron chi connectivity index (χ2n) is 14.8. The van der Waals surface area contributed by atoms with Crippen molar-refractivity contribution in [2.24, 2.45) is 17.3 Å². The zero-order chi connectivity index (χ0) is 36.7. The molecule has 13 heteroatoms. The third-order valence-corrected chi connectivity index (χ3v) is 11.3. The van der Waals surface area contributed by atoms with Crippen molar-refractivity contribution >= 4 is 40.0 Å². The van der Waals surface area contributed by atoms with Crippen LogP contribution in [-0.4, -0.2) is 69.7 Å². The van der Waals surface area contributed by atoms with Crippen molar-refractivity contribution in [2.75, 3.05) is 20.3 Å². The van der Waals surface area contributed by atoms with Crippen LogP contribution < -0.4 is 10.7 Å². The molecule has 52 heavy (non-hydrogen) atoms. The molecule has 0 spiro atoms. The summed E-state index contributed by atoms with van der Waals surface area (Å²) in [6.45, 7) is 9.61. The minimum Gasteiger partial charge on any atom is -0.464 e. The van der Waals surface area contributed by atoms with Crippen LogP contribution in [0.3, 0.4) is 0 Å². The molecule has 2 aliphatic heterocycles. The third kappa shape index (κ3) is 6.95. The van der Waals surface area contributed by atoms with E-state index in [4.69, 9.17) is 19.4 Å². The maximum absolute atomic E-state index is 14.0. The van der Waals surface area contributed by atoms with Crippen LogP contribution in [0.5, 0.6) is 0 Å². The molecule has 1 aliphatic carbocycles. The van der Waals surface area contributed by atoms with Crippen LogP contribution in [0, 0.1) is 28.6 Å². The number of benzene rings is 1. The summed E-state index contributed by atoms with van der Waals surface area (Å²) in [5.41, 5.74) is 9.45. The molecule has 2 N–H and O–H groups in total. The zero-order valence-corrected chi connectivity index (χ0v) is 31.1. The highest BCUT2D eigenvalue weighted by atomic mass is 32.1. The van der Waals surface area contributed by atoms with Gasteiger partial charge in [0, 0.05) is 65.6 Å². The largest absolute Gasteiger partial charge is 0.464 e. The van der Waals surface area contributed by atoms with Crippen LogP contribution in [0.25, 0.3) is 33.4 Å². The van der Waals surface area contributed by atoms with Crippen molar-refractivity contribution in [3.05, 3.63) is 58.2 Å². The number of pyridine rings is 1. The number of cyclic esters (lactones) is 1. The van der Waals surface area contributed by atoms with Crippen LogP contribution in [0.2, 0.25) is 0 Å². The van der Waals surface area contributed by atoms with Gasteiger partial charge < -0.3 is 19.4 Å². The first-order valence-electron chi connectivity index (χ1n) is 18.0. The standard InChI is InChI=1S/C39H45N7O5S/c1-6-45-32-12-11-23-15-27(32)28(35(45)25-9-7-13-41-34(25)22(2)50-5)18-39(3,4)21-51-38(49)29-10-8-14-46(44-29)37(48)30(17-33-42-31(23)20-52-33)43-36(47)26-16-24(26)19-40/h7,9,11-13,15,20,22,24,26,29-30,44H,6,8,10,14,16-18,21H2,1-5H3,(H,43,47)/t22-,24?,26-,29-,30-/m0/s1. The summed E-state index contributed by atoms with van der Waals surface area (Å²) in [4.78, 5) is 50.5. The summed E-state index contributed by atoms with van der Waals surface area (Å²) in [5, 5.41) is 17.4. The molecule has 1 saturated carbocycles. The summed E-state index contributed by atoms with van der Waals surface area (Å²) in [6.07, 6.45) is 3.93. The maximum atomic E-state index is 14.0. The van der Waals surface area contributed by atoms with E-state index in [0.29, 0.717) is 37.2 Å². The molecular weight excluding hydrogens is 679 g/mol. The molecule has 12 nitrogen and oxygen atoms in total. The molecule has 2 amide bonds. The number of hydrogen-bond acceptors (Lipinski definition) is 10. The Balaban J connectivity index is 1.35. The SMILES string of the molecule is CCn1c(-c2cccnc2[C@H](C)OC)c2c3cc(ccc31)-c1csc(n1)C[C@H](NC(=O)[C@H]1CC1C#N)C(=O)N1CCC[C@H](N1)C(=O)OCC(C)(C)C2. The van der Waals surface area contributed by atoms with Gasteiger partial charge in [-0.05, 0) is 69.4 Å². The number of esters is 1. The summed E-state index contributed by atoms with van der Waals surface area (Å²) < 4.78 is 14.1. The first-order chi connectivity index (χ1) is 25.0. The van der Waals surface area contributed by atoms with Gasteiger partial charge in [0.2, 0.25) is 5.91 Å². The topological polar surface area (TPSA) is 151 Å². The fraction of sp³-hybridized carbons (Fsp3) is 0.487. The molecular formula is C39H45N7O5S. The monoisotopic (exact) mass is 723 g/mol. The minimum atomic E-state index is -0.926. The van der Waals surface area contributed by atoms with E-state index in [1.165, 1.54) is 16.3 Å². The molecule has 4 aromatic rings. The molecule has 6 bridgehead atoms. The predicted molar refractivity (Wildman–Crippen MR) is 197 cm³/mol. The number of nitrogens with one attached hydrogen (secondary N) is 2. The van der Waals surface area contributed by atoms with Crippen LogP contribution >= 0.6 is 11.3 Å². The molecule has 272 valence electrons. The lowest BCUT2D eigenvalue weighted by molar-refractivity contribution is -0.155. The Morgan fingerprint density at radius 2 is 2.12 bits per heavy atom. The van der Waals surface area contributed by atoms with E-state index in [-0.39, 0.29) is 36.9 Å². The van der Waals surface area contributed by atoms with Crippen LogP contribution in [0.1, 0.15) is 69.3 Å². The molecule has 5 heterocycles. The predicted octanol–water partition coefficient (Wildman–Crippen LogP) is 5.36. The van der Waals surface area contributed by atoms with E-state index in [1.807, 2.05) is 18.4 Å². The van der Waals surface area contributed by atoms with E-state index in [0.717, 1.165) is 51.2 Å². The molecule has 1 aromatic carbocycles. The molecule has 3 aromatic heterocycles. The molecule has 5 atom stereocenters. The van der Waals surface area contributed by atoms with E-state index in [9.17, 15) is 19.6 Å². The normalized spacial score (nSPS) is 23.7. The Kier molecular flexibility index (Phi) is 9.91. The van der Waals surface area contributed by atoms with Crippen molar-refractivity contribution in [3.8, 4) is 28.6 Å². The lowest BCUT2D eigenvalue weighted by atomic mass is 9.84. The summed E-state index contributed by atoms with van der Waals surface area (Å²) in [7, 11) is 1.69. The molecule has 2 fully saturated rings. The van der Waals surface area contributed by atoms with Gasteiger partial charge >= 0.3 is 5.97 Å². The molecule has 7 rings (SSSR count). The number of thiazole rings is 1. The van der Waals surface area contributed by atoms with Crippen LogP contribution in [0.4, 0.5) is 0 Å². The van der Waals surface area contributed by atoms with E-state index < -0.39 is 29.4 Å². The van der Waals surface area contributed by atoms with E-state index in [2.05, 4.69) is 66.4 Å². The Hall–Kier alpha value is -4.64. The number of hydrogen-bond donors (Lipinski definition) is 2. The van der Waals surface area contributed by atoms with Crippen molar-refractivity contribution in [1.82, 2.24) is 30.3 Å². The van der Waals surface area contributed by atoms with Gasteiger partial charge in [-0.2, -0.15) is 5.26 Å². The number of methoxy groups -OCH3 is 1. The average Bonchev–Trinajstić information content (AvgIpc) is 3.71. The number of carbonyl (C=O) groups is 3. The Morgan fingerprint density at radius 3 is 2.87 bits per heavy atom. The fourth-order valence-electron chi connectivity index (χ4n) is 7.47. The fourth-order valence-corrected chi connectivity index (χ4v) is 8.32. The van der Waals surface area contributed by atoms with Crippen molar-refractivity contribution in [1.29, 1.82) is 5.26 Å². The number of hydrazine groups is 1. The van der Waals surface area contributed by atoms with Gasteiger partial charge in [0.25, 0.3) is 5.91 Å². The third-order valence-electron chi connectivity index (χ3n) is 10.4. The average molecular weight is 724 g/mol. The summed E-state index contributed by atoms with van der Waals surface area (Å²) in [5.74, 6) is -1.86. The summed E-state index contributed by atoms with van der Waals surface area (Å²) >= 11 is 1.44. The Bertz CT molecular complexity index is 2060. The number of fused-ring (bicyclic) bond motifs is 6. The molecule has 3 aliphatic rings. The number of amides is 2. The second-order valence-corrected chi connectivity index (χ2v) is 15.8. The number of nitriles is 1. The Morgan fingerprint density at radius 1 is 1.29 bits per heavy atom. The minimum absolute atomic E-state index is 0.167. The van der Waals surface area contributed by atoms with Gasteiger partial charge in [0.15, 0.2) is 0 Å². The first-order valence-corrected chi connectivity index (χ1v) is 18.9. The van der Waals surface area contributed by atoms with Crippen LogP contribution in [0.15, 0.2) is 41.9 Å². The Labute approximate surface area is 307 Å². The van der Waals surface area contributed by atoms with Crippen molar-refractivity contribution < 1.29 is 23.9 Å². The van der Waals surface area contributed by atoms with Crippen LogP contribution in [-0.2, 0) is 43.2 Å². The maximum Gasteiger partial charge on any atom is 0.324 e. The lowest BCUT2D eigenvalue weighted by Gasteiger charge is -2.35. The highest BCUT2D eigenvalue weighted by Gasteiger charge is 2.45. The number of rotatable bonds is 6. The van der Waals surface area contributed by atoms with E-state index >= 15 is 0 Å². The lowest BCUT2D eigenvalue weighted by Crippen LogP contribution is -2.60. The number of ether oxygens (including phenoxy) is 2. The molecule has 1 unspecified atom stereocenters. The highest BCUT2D eigenvalue weighted by Crippen LogP contribution is 2.42. The number of carbonyl (C=O) groups excluding carboxylic acids is 3. The van der Waals surface area contributed by atoms with Crippen molar-refractivity contribution in [3.63, 3.8) is 0 Å². The van der Waals surface area contributed by atoms with Gasteiger partial charge in [0.05, 0.1) is 52.7 Å². The van der Waals surface area contributed by atoms with Gasteiger partial charge in [-0.1, -0.05) is 19.9 Å². The first kappa shape index (κ1) is 35.7. The second kappa shape index (κ2) is 14.4. The highest BCUT2D eigenvalue weighted by molar-refractivity contribution is 7.10. The molecule has 1 saturated heterocycles. The van der Waals surface area contributed by atoms with Gasteiger partial charge in [0.1, 0.15) is 12.1 Å². The van der Waals surface area contributed by atoms with Gasteiger partial charge in [-0.15, -0.1) is 11.3 Å². The van der Waals surface area contributed by atoms with E-state index in [1.54, 1.807) is 13.3 Å². The number of aromatic nitrogens is 3. The number of nitrogens with zero attached hydrogens (tertiary/aromatic N) is 5. The van der Waals surface area contributed by atoms with Gasteiger partial charge in [-0.25, -0.2) is 10.4 Å². The summed E-state index contributed by atoms with van der Waals surface area (Å²) in [6, 6.07) is 11.0. The molecule has 0 radical (unpaired) electrons. The van der Waals surface area contributed by atoms with Crippen molar-refractivity contribution in [2.45, 2.75) is 84.5 Å².